The molecule has 0 spiro atoms. The number of aliphatic hydroxyl groups is 1. The van der Waals surface area contributed by atoms with E-state index in [1.165, 1.54) is 6.07 Å². The Balaban J connectivity index is 2.33. The molecule has 0 bridgehead atoms. The van der Waals surface area contributed by atoms with E-state index >= 15 is 0 Å². The molecule has 1 amide bonds. The zero-order valence-electron chi connectivity index (χ0n) is 8.96. The molecule has 0 aromatic heterocycles. The van der Waals surface area contributed by atoms with Gasteiger partial charge in [0.25, 0.3) is 0 Å². The summed E-state index contributed by atoms with van der Waals surface area (Å²) < 4.78 is 0. The highest BCUT2D eigenvalue weighted by Crippen LogP contribution is 2.26. The Labute approximate surface area is 97.4 Å². The Bertz CT molecular complexity index is 461. The van der Waals surface area contributed by atoms with Gasteiger partial charge in [-0.3, -0.25) is 15.2 Å². The van der Waals surface area contributed by atoms with Crippen LogP contribution in [0.4, 0.5) is 5.69 Å². The van der Waals surface area contributed by atoms with Crippen LogP contribution in [0.2, 0.25) is 0 Å². The number of nitrogens with one attached hydrogen (secondary N) is 1. The summed E-state index contributed by atoms with van der Waals surface area (Å²) in [6.07, 6.45) is -1.24. The second kappa shape index (κ2) is 4.42. The highest BCUT2D eigenvalue weighted by molar-refractivity contribution is 5.83. The molecule has 1 heterocycles. The van der Waals surface area contributed by atoms with E-state index in [-0.39, 0.29) is 11.5 Å². The Hall–Kier alpha value is -2.08. The van der Waals surface area contributed by atoms with Gasteiger partial charge in [-0.1, -0.05) is 18.2 Å². The number of carbonyl (C=O) groups excluding carboxylic acids is 1. The van der Waals surface area contributed by atoms with Crippen LogP contribution in [0.5, 0.6) is 0 Å². The van der Waals surface area contributed by atoms with Crippen molar-refractivity contribution >= 4 is 17.6 Å². The van der Waals surface area contributed by atoms with E-state index in [4.69, 9.17) is 5.11 Å². The van der Waals surface area contributed by atoms with Crippen LogP contribution in [0.1, 0.15) is 18.1 Å². The summed E-state index contributed by atoms with van der Waals surface area (Å²) in [6, 6.07) is 6.55. The van der Waals surface area contributed by atoms with Crippen LogP contribution < -0.4 is 10.4 Å². The number of para-hydroxylation sites is 1. The average molecular weight is 236 g/mol. The van der Waals surface area contributed by atoms with Gasteiger partial charge in [-0.2, -0.15) is 0 Å². The zero-order chi connectivity index (χ0) is 12.4. The van der Waals surface area contributed by atoms with Crippen LogP contribution in [0.15, 0.2) is 24.3 Å². The summed E-state index contributed by atoms with van der Waals surface area (Å²) in [6.45, 7) is 0.461. The first-order chi connectivity index (χ1) is 8.09. The van der Waals surface area contributed by atoms with Crippen molar-refractivity contribution in [1.29, 1.82) is 0 Å². The Morgan fingerprint density at radius 2 is 2.12 bits per heavy atom. The molecule has 1 aliphatic rings. The first kappa shape index (κ1) is 11.4. The number of rotatable bonds is 3. The first-order valence-electron chi connectivity index (χ1n) is 5.16. The van der Waals surface area contributed by atoms with Gasteiger partial charge in [0, 0.05) is 18.5 Å². The Morgan fingerprint density at radius 3 is 2.71 bits per heavy atom. The minimum atomic E-state index is -1.59. The quantitative estimate of drug-likeness (QED) is 0.689. The van der Waals surface area contributed by atoms with Gasteiger partial charge in [-0.25, -0.2) is 4.79 Å². The van der Waals surface area contributed by atoms with Gasteiger partial charge in [0.1, 0.15) is 0 Å². The van der Waals surface area contributed by atoms with Gasteiger partial charge in [0.15, 0.2) is 6.10 Å². The molecule has 1 aromatic carbocycles. The zero-order valence-corrected chi connectivity index (χ0v) is 8.96. The number of carbonyl (C=O) groups is 2. The molecule has 17 heavy (non-hydrogen) atoms. The summed E-state index contributed by atoms with van der Waals surface area (Å²) in [7, 11) is 0. The van der Waals surface area contributed by atoms with Gasteiger partial charge in [0.05, 0.1) is 5.69 Å². The number of amides is 1. The van der Waals surface area contributed by atoms with Crippen LogP contribution in [-0.2, 0) is 9.59 Å². The molecule has 1 atom stereocenters. The number of carboxylic acids is 1. The number of carboxylic acid groups (broad SMARTS) is 1. The van der Waals surface area contributed by atoms with Crippen molar-refractivity contribution in [3.63, 3.8) is 0 Å². The smallest absolute Gasteiger partial charge is 0.337 e. The van der Waals surface area contributed by atoms with Crippen molar-refractivity contribution < 1.29 is 19.8 Å². The molecule has 3 N–H and O–H groups in total. The number of aliphatic carboxylic acids is 1. The molecule has 1 aliphatic heterocycles. The van der Waals surface area contributed by atoms with Crippen LogP contribution >= 0.6 is 0 Å². The normalized spacial score (nSPS) is 16.8. The summed E-state index contributed by atoms with van der Waals surface area (Å²) in [5.41, 5.74) is 3.37. The molecular formula is C11H12N2O4. The van der Waals surface area contributed by atoms with E-state index in [1.54, 1.807) is 23.2 Å². The lowest BCUT2D eigenvalue weighted by molar-refractivity contribution is -0.146. The Morgan fingerprint density at radius 1 is 1.41 bits per heavy atom. The number of nitrogens with zero attached hydrogens (tertiary/aromatic N) is 1. The molecule has 1 unspecified atom stereocenters. The highest BCUT2D eigenvalue weighted by Gasteiger charge is 2.25. The van der Waals surface area contributed by atoms with Crippen molar-refractivity contribution in [2.75, 3.05) is 11.6 Å². The lowest BCUT2D eigenvalue weighted by Crippen LogP contribution is -2.34. The fraction of sp³-hybridized carbons (Fsp3) is 0.273. The average Bonchev–Trinajstić information content (AvgIpc) is 2.74. The summed E-state index contributed by atoms with van der Waals surface area (Å²) in [4.78, 5) is 21.9. The molecule has 1 fully saturated rings. The lowest BCUT2D eigenvalue weighted by Gasteiger charge is -2.21. The largest absolute Gasteiger partial charge is 0.479 e. The number of hydrogen-bond donors (Lipinski definition) is 3. The van der Waals surface area contributed by atoms with Crippen molar-refractivity contribution in [2.24, 2.45) is 0 Å². The van der Waals surface area contributed by atoms with Crippen LogP contribution in [0, 0.1) is 0 Å². The minimum absolute atomic E-state index is 0.121. The standard InChI is InChI=1S/C11H12N2O4/c14-9-5-6-13(12-9)8-4-2-1-3-7(8)10(15)11(16)17/h1-4,10,15H,5-6H2,(H,12,14)(H,16,17). The van der Waals surface area contributed by atoms with Crippen LogP contribution in [-0.4, -0.2) is 28.6 Å². The molecule has 1 saturated heterocycles. The fourth-order valence-electron chi connectivity index (χ4n) is 1.75. The number of hydrazine groups is 1. The van der Waals surface area contributed by atoms with Gasteiger partial charge in [-0.05, 0) is 6.07 Å². The minimum Gasteiger partial charge on any atom is -0.479 e. The lowest BCUT2D eigenvalue weighted by atomic mass is 10.1. The van der Waals surface area contributed by atoms with E-state index in [1.807, 2.05) is 0 Å². The predicted octanol–water partition coefficient (Wildman–Crippen LogP) is 0.0459. The van der Waals surface area contributed by atoms with Gasteiger partial charge < -0.3 is 10.2 Å². The number of benzene rings is 1. The van der Waals surface area contributed by atoms with Gasteiger partial charge in [0.2, 0.25) is 5.91 Å². The molecule has 6 heteroatoms. The first-order valence-corrected chi connectivity index (χ1v) is 5.16. The summed E-state index contributed by atoms with van der Waals surface area (Å²) in [5.74, 6) is -1.44. The molecule has 2 rings (SSSR count). The van der Waals surface area contributed by atoms with Crippen LogP contribution in [0.25, 0.3) is 0 Å². The molecule has 90 valence electrons. The molecule has 0 aliphatic carbocycles. The third-order valence-electron chi connectivity index (χ3n) is 2.58. The van der Waals surface area contributed by atoms with Crippen molar-refractivity contribution in [3.05, 3.63) is 29.8 Å². The third kappa shape index (κ3) is 2.21. The van der Waals surface area contributed by atoms with Gasteiger partial charge >= 0.3 is 5.97 Å². The third-order valence-corrected chi connectivity index (χ3v) is 2.58. The second-order valence-electron chi connectivity index (χ2n) is 3.74. The van der Waals surface area contributed by atoms with Crippen LogP contribution in [0.3, 0.4) is 0 Å². The number of anilines is 1. The van der Waals surface area contributed by atoms with E-state index in [9.17, 15) is 14.7 Å². The maximum absolute atomic E-state index is 11.1. The highest BCUT2D eigenvalue weighted by atomic mass is 16.4. The maximum atomic E-state index is 11.1. The fourth-order valence-corrected chi connectivity index (χ4v) is 1.75. The molecule has 0 radical (unpaired) electrons. The summed E-state index contributed by atoms with van der Waals surface area (Å²) in [5, 5.41) is 19.9. The van der Waals surface area contributed by atoms with Gasteiger partial charge in [-0.15, -0.1) is 0 Å². The molecular weight excluding hydrogens is 224 g/mol. The number of hydrogen-bond acceptors (Lipinski definition) is 4. The van der Waals surface area contributed by atoms with Crippen molar-refractivity contribution in [1.82, 2.24) is 5.43 Å². The molecule has 6 nitrogen and oxygen atoms in total. The maximum Gasteiger partial charge on any atom is 0.337 e. The second-order valence-corrected chi connectivity index (χ2v) is 3.74. The molecule has 1 aromatic rings. The predicted molar refractivity (Wildman–Crippen MR) is 59.1 cm³/mol. The van der Waals surface area contributed by atoms with Crippen molar-refractivity contribution in [3.8, 4) is 0 Å². The SMILES string of the molecule is O=C1CCN(c2ccccc2C(O)C(=O)O)N1. The molecule has 0 saturated carbocycles. The van der Waals surface area contributed by atoms with Crippen molar-refractivity contribution in [2.45, 2.75) is 12.5 Å². The van der Waals surface area contributed by atoms with E-state index in [0.717, 1.165) is 0 Å². The summed E-state index contributed by atoms with van der Waals surface area (Å²) >= 11 is 0. The Kier molecular flexibility index (Phi) is 2.97. The monoisotopic (exact) mass is 236 g/mol. The van der Waals surface area contributed by atoms with E-state index in [2.05, 4.69) is 5.43 Å². The topological polar surface area (TPSA) is 89.9 Å². The van der Waals surface area contributed by atoms with E-state index < -0.39 is 12.1 Å². The van der Waals surface area contributed by atoms with E-state index in [0.29, 0.717) is 18.7 Å². The number of aliphatic hydroxyl groups excluding tert-OH is 1.